The average Bonchev–Trinajstić information content (AvgIpc) is 2.54. The van der Waals surface area contributed by atoms with E-state index >= 15 is 0 Å². The molecule has 0 aliphatic carbocycles. The third-order valence-corrected chi connectivity index (χ3v) is 3.80. The molecular formula is C18H23F3N2O4. The molecule has 1 saturated heterocycles. The van der Waals surface area contributed by atoms with Crippen LogP contribution in [-0.2, 0) is 9.53 Å². The van der Waals surface area contributed by atoms with Crippen LogP contribution in [0.5, 0.6) is 5.75 Å². The predicted octanol–water partition coefficient (Wildman–Crippen LogP) is 4.17. The highest BCUT2D eigenvalue weighted by Gasteiger charge is 2.32. The first kappa shape index (κ1) is 20.9. The summed E-state index contributed by atoms with van der Waals surface area (Å²) in [5.74, 6) is -1.08. The van der Waals surface area contributed by atoms with Crippen molar-refractivity contribution < 1.29 is 32.2 Å². The summed E-state index contributed by atoms with van der Waals surface area (Å²) in [6.07, 6.45) is -3.96. The van der Waals surface area contributed by atoms with Gasteiger partial charge in [0.05, 0.1) is 5.92 Å². The van der Waals surface area contributed by atoms with Crippen LogP contribution < -0.4 is 10.1 Å². The molecule has 1 N–H and O–H groups in total. The Labute approximate surface area is 155 Å². The maximum absolute atomic E-state index is 12.4. The molecule has 0 unspecified atom stereocenters. The zero-order chi connectivity index (χ0) is 20.2. The minimum atomic E-state index is -4.77. The van der Waals surface area contributed by atoms with E-state index in [1.54, 1.807) is 20.8 Å². The van der Waals surface area contributed by atoms with Crippen LogP contribution in [0, 0.1) is 5.92 Å². The van der Waals surface area contributed by atoms with Gasteiger partial charge in [0.1, 0.15) is 11.4 Å². The quantitative estimate of drug-likeness (QED) is 0.844. The molecule has 1 fully saturated rings. The van der Waals surface area contributed by atoms with Crippen molar-refractivity contribution in [2.45, 2.75) is 45.6 Å². The molecule has 150 valence electrons. The number of carbonyl (C=O) groups is 2. The van der Waals surface area contributed by atoms with E-state index in [0.29, 0.717) is 25.1 Å². The maximum Gasteiger partial charge on any atom is 0.573 e. The molecule has 0 aromatic heterocycles. The van der Waals surface area contributed by atoms with Crippen molar-refractivity contribution in [3.8, 4) is 5.75 Å². The van der Waals surface area contributed by atoms with Crippen molar-refractivity contribution in [1.29, 1.82) is 0 Å². The second-order valence-corrected chi connectivity index (χ2v) is 7.33. The van der Waals surface area contributed by atoms with Crippen LogP contribution >= 0.6 is 0 Å². The van der Waals surface area contributed by atoms with Crippen LogP contribution in [0.3, 0.4) is 0 Å². The number of benzene rings is 1. The van der Waals surface area contributed by atoms with Crippen molar-refractivity contribution in [3.63, 3.8) is 0 Å². The number of carbonyl (C=O) groups excluding carboxylic acids is 2. The number of halogens is 3. The second-order valence-electron chi connectivity index (χ2n) is 7.33. The minimum Gasteiger partial charge on any atom is -0.444 e. The molecule has 1 aliphatic heterocycles. The van der Waals surface area contributed by atoms with Crippen molar-refractivity contribution in [2.24, 2.45) is 5.92 Å². The van der Waals surface area contributed by atoms with E-state index < -0.39 is 24.0 Å². The van der Waals surface area contributed by atoms with E-state index in [4.69, 9.17) is 4.74 Å². The van der Waals surface area contributed by atoms with E-state index in [1.807, 2.05) is 0 Å². The number of amides is 2. The topological polar surface area (TPSA) is 67.9 Å². The summed E-state index contributed by atoms with van der Waals surface area (Å²) in [6, 6.07) is 4.90. The van der Waals surface area contributed by atoms with Gasteiger partial charge in [0.2, 0.25) is 5.91 Å². The van der Waals surface area contributed by atoms with Crippen LogP contribution in [0.15, 0.2) is 24.3 Å². The summed E-state index contributed by atoms with van der Waals surface area (Å²) in [6.45, 7) is 6.06. The van der Waals surface area contributed by atoms with Gasteiger partial charge < -0.3 is 19.7 Å². The number of hydrogen-bond donors (Lipinski definition) is 1. The van der Waals surface area contributed by atoms with E-state index in [0.717, 1.165) is 12.1 Å². The number of likely N-dealkylation sites (tertiary alicyclic amines) is 1. The molecule has 2 amide bonds. The number of anilines is 1. The Morgan fingerprint density at radius 1 is 1.15 bits per heavy atom. The van der Waals surface area contributed by atoms with E-state index in [9.17, 15) is 22.8 Å². The molecule has 2 rings (SSSR count). The summed E-state index contributed by atoms with van der Waals surface area (Å²) in [7, 11) is 0. The van der Waals surface area contributed by atoms with Crippen LogP contribution in [0.1, 0.15) is 33.6 Å². The van der Waals surface area contributed by atoms with Gasteiger partial charge in [0.15, 0.2) is 0 Å². The molecule has 0 spiro atoms. The van der Waals surface area contributed by atoms with Gasteiger partial charge in [0, 0.05) is 18.8 Å². The third kappa shape index (κ3) is 6.99. The number of nitrogens with one attached hydrogen (secondary N) is 1. The maximum atomic E-state index is 12.4. The van der Waals surface area contributed by atoms with Crippen molar-refractivity contribution in [3.05, 3.63) is 24.3 Å². The highest BCUT2D eigenvalue weighted by Crippen LogP contribution is 2.25. The molecule has 9 heteroatoms. The molecule has 1 atom stereocenters. The van der Waals surface area contributed by atoms with Crippen LogP contribution in [0.2, 0.25) is 0 Å². The highest BCUT2D eigenvalue weighted by atomic mass is 19.4. The molecule has 1 aromatic rings. The highest BCUT2D eigenvalue weighted by molar-refractivity contribution is 5.93. The Hall–Kier alpha value is -2.45. The van der Waals surface area contributed by atoms with Crippen LogP contribution in [-0.4, -0.2) is 42.0 Å². The molecule has 27 heavy (non-hydrogen) atoms. The summed E-state index contributed by atoms with van der Waals surface area (Å²) in [5, 5.41) is 2.65. The van der Waals surface area contributed by atoms with Gasteiger partial charge in [-0.1, -0.05) is 0 Å². The smallest absolute Gasteiger partial charge is 0.444 e. The normalized spacial score (nSPS) is 18.0. The standard InChI is InChI=1S/C18H23F3N2O4/c1-17(2,3)27-16(25)23-10-4-5-12(11-23)15(24)22-13-6-8-14(9-7-13)26-18(19,20)21/h6-9,12H,4-5,10-11H2,1-3H3,(H,22,24)/t12-/m0/s1. The van der Waals surface area contributed by atoms with E-state index in [2.05, 4.69) is 10.1 Å². The Balaban J connectivity index is 1.92. The first-order valence-corrected chi connectivity index (χ1v) is 8.57. The first-order chi connectivity index (χ1) is 12.4. The fourth-order valence-corrected chi connectivity index (χ4v) is 2.67. The van der Waals surface area contributed by atoms with Gasteiger partial charge in [-0.3, -0.25) is 4.79 Å². The lowest BCUT2D eigenvalue weighted by Crippen LogP contribution is -2.45. The SMILES string of the molecule is CC(C)(C)OC(=O)N1CCC[C@H](C(=O)Nc2ccc(OC(F)(F)F)cc2)C1. The monoisotopic (exact) mass is 388 g/mol. The number of hydrogen-bond acceptors (Lipinski definition) is 4. The molecule has 1 heterocycles. The first-order valence-electron chi connectivity index (χ1n) is 8.57. The largest absolute Gasteiger partial charge is 0.573 e. The van der Waals surface area contributed by atoms with Gasteiger partial charge in [-0.05, 0) is 57.9 Å². The molecule has 0 radical (unpaired) electrons. The second kappa shape index (κ2) is 8.06. The van der Waals surface area contributed by atoms with Gasteiger partial charge in [-0.25, -0.2) is 4.79 Å². The zero-order valence-electron chi connectivity index (χ0n) is 15.4. The van der Waals surface area contributed by atoms with Gasteiger partial charge in [-0.2, -0.15) is 0 Å². The third-order valence-electron chi connectivity index (χ3n) is 3.80. The van der Waals surface area contributed by atoms with Crippen LogP contribution in [0.25, 0.3) is 0 Å². The van der Waals surface area contributed by atoms with E-state index in [-0.39, 0.29) is 18.2 Å². The van der Waals surface area contributed by atoms with Crippen LogP contribution in [0.4, 0.5) is 23.7 Å². The Morgan fingerprint density at radius 3 is 2.33 bits per heavy atom. The van der Waals surface area contributed by atoms with Gasteiger partial charge >= 0.3 is 12.5 Å². The lowest BCUT2D eigenvalue weighted by Gasteiger charge is -2.33. The zero-order valence-corrected chi connectivity index (χ0v) is 15.4. The molecular weight excluding hydrogens is 365 g/mol. The molecule has 1 aliphatic rings. The fraction of sp³-hybridized carbons (Fsp3) is 0.556. The summed E-state index contributed by atoms with van der Waals surface area (Å²) >= 11 is 0. The number of alkyl halides is 3. The lowest BCUT2D eigenvalue weighted by molar-refractivity contribution is -0.274. The fourth-order valence-electron chi connectivity index (χ4n) is 2.67. The number of piperidine rings is 1. The summed E-state index contributed by atoms with van der Waals surface area (Å²) in [4.78, 5) is 26.1. The van der Waals surface area contributed by atoms with E-state index in [1.165, 1.54) is 17.0 Å². The molecule has 6 nitrogen and oxygen atoms in total. The number of ether oxygens (including phenoxy) is 2. The number of rotatable bonds is 3. The minimum absolute atomic E-state index is 0.232. The Bertz CT molecular complexity index is 669. The molecule has 1 aromatic carbocycles. The summed E-state index contributed by atoms with van der Waals surface area (Å²) < 4.78 is 45.6. The van der Waals surface area contributed by atoms with Gasteiger partial charge in [-0.15, -0.1) is 13.2 Å². The summed E-state index contributed by atoms with van der Waals surface area (Å²) in [5.41, 5.74) is -0.268. The molecule has 0 saturated carbocycles. The van der Waals surface area contributed by atoms with Crippen molar-refractivity contribution in [1.82, 2.24) is 4.90 Å². The predicted molar refractivity (Wildman–Crippen MR) is 92.3 cm³/mol. The lowest BCUT2D eigenvalue weighted by atomic mass is 9.97. The number of nitrogens with zero attached hydrogens (tertiary/aromatic N) is 1. The molecule has 0 bridgehead atoms. The Morgan fingerprint density at radius 2 is 1.78 bits per heavy atom. The van der Waals surface area contributed by atoms with Crippen molar-refractivity contribution >= 4 is 17.7 Å². The average molecular weight is 388 g/mol. The van der Waals surface area contributed by atoms with Crippen molar-refractivity contribution in [2.75, 3.05) is 18.4 Å². The Kier molecular flexibility index (Phi) is 6.22. The van der Waals surface area contributed by atoms with Gasteiger partial charge in [0.25, 0.3) is 0 Å².